The van der Waals surface area contributed by atoms with Gasteiger partial charge >= 0.3 is 0 Å². The Kier molecular flexibility index (Phi) is 4.22. The van der Waals surface area contributed by atoms with Crippen LogP contribution in [0, 0.1) is 0 Å². The van der Waals surface area contributed by atoms with E-state index in [0.717, 1.165) is 29.1 Å². The van der Waals surface area contributed by atoms with Gasteiger partial charge in [0.1, 0.15) is 5.69 Å². The molecule has 0 saturated heterocycles. The molecule has 0 aliphatic rings. The number of aromatic nitrogens is 3. The molecule has 3 rings (SSSR count). The largest absolute Gasteiger partial charge is 0.325 e. The van der Waals surface area contributed by atoms with Crippen molar-refractivity contribution in [1.82, 2.24) is 15.0 Å². The molecule has 0 bridgehead atoms. The first-order chi connectivity index (χ1) is 10.7. The molecule has 2 N–H and O–H groups in total. The zero-order chi connectivity index (χ0) is 15.5. The van der Waals surface area contributed by atoms with Crippen molar-refractivity contribution >= 4 is 11.6 Å². The molecule has 0 spiro atoms. The lowest BCUT2D eigenvalue weighted by Gasteiger charge is -2.09. The number of benzene rings is 2. The molecule has 0 unspecified atom stereocenters. The molecule has 1 heterocycles. The second-order valence-electron chi connectivity index (χ2n) is 5.03. The predicted molar refractivity (Wildman–Crippen MR) is 89.1 cm³/mol. The van der Waals surface area contributed by atoms with Gasteiger partial charge in [-0.05, 0) is 36.2 Å². The van der Waals surface area contributed by atoms with Crippen LogP contribution in [0.1, 0.15) is 18.2 Å². The molecule has 0 atom stereocenters. The first kappa shape index (κ1) is 14.8. The molecule has 3 aromatic rings. The van der Waals surface area contributed by atoms with Gasteiger partial charge in [0.15, 0.2) is 0 Å². The molecular formula is C17H17ClN4. The summed E-state index contributed by atoms with van der Waals surface area (Å²) in [7, 11) is 0. The number of rotatable bonds is 4. The number of halogens is 1. The molecule has 0 aliphatic heterocycles. The molecule has 0 amide bonds. The highest BCUT2D eigenvalue weighted by Crippen LogP contribution is 2.26. The van der Waals surface area contributed by atoms with Crippen molar-refractivity contribution in [3.05, 3.63) is 64.8 Å². The zero-order valence-corrected chi connectivity index (χ0v) is 13.1. The molecule has 2 aromatic carbocycles. The molecule has 4 nitrogen and oxygen atoms in total. The Morgan fingerprint density at radius 3 is 2.32 bits per heavy atom. The Balaban J connectivity index is 2.11. The van der Waals surface area contributed by atoms with Crippen molar-refractivity contribution < 1.29 is 0 Å². The quantitative estimate of drug-likeness (QED) is 0.800. The van der Waals surface area contributed by atoms with Gasteiger partial charge in [-0.2, -0.15) is 0 Å². The van der Waals surface area contributed by atoms with E-state index in [4.69, 9.17) is 17.3 Å². The van der Waals surface area contributed by atoms with Gasteiger partial charge in [-0.3, -0.25) is 0 Å². The highest BCUT2D eigenvalue weighted by molar-refractivity contribution is 6.30. The summed E-state index contributed by atoms with van der Waals surface area (Å²) in [5, 5.41) is 9.17. The average molecular weight is 313 g/mol. The molecule has 0 fully saturated rings. The number of nitrogens with zero attached hydrogens (tertiary/aromatic N) is 3. The Bertz CT molecular complexity index is 760. The second kappa shape index (κ2) is 6.30. The van der Waals surface area contributed by atoms with E-state index in [9.17, 15) is 0 Å². The molecular weight excluding hydrogens is 296 g/mol. The van der Waals surface area contributed by atoms with Gasteiger partial charge in [0, 0.05) is 17.1 Å². The van der Waals surface area contributed by atoms with E-state index < -0.39 is 0 Å². The average Bonchev–Trinajstić information content (AvgIpc) is 2.99. The van der Waals surface area contributed by atoms with Crippen LogP contribution in [-0.2, 0) is 13.0 Å². The van der Waals surface area contributed by atoms with Crippen molar-refractivity contribution in [3.8, 4) is 16.9 Å². The van der Waals surface area contributed by atoms with Crippen molar-refractivity contribution in [2.45, 2.75) is 19.9 Å². The fourth-order valence-corrected chi connectivity index (χ4v) is 2.53. The van der Waals surface area contributed by atoms with Crippen molar-refractivity contribution in [3.63, 3.8) is 0 Å². The minimum absolute atomic E-state index is 0.338. The molecule has 112 valence electrons. The third-order valence-electron chi connectivity index (χ3n) is 3.64. The van der Waals surface area contributed by atoms with E-state index in [2.05, 4.69) is 29.4 Å². The van der Waals surface area contributed by atoms with Gasteiger partial charge in [-0.1, -0.05) is 48.0 Å². The smallest absolute Gasteiger partial charge is 0.105 e. The van der Waals surface area contributed by atoms with Gasteiger partial charge in [0.2, 0.25) is 0 Å². The Labute approximate surface area is 134 Å². The fourth-order valence-electron chi connectivity index (χ4n) is 2.40. The van der Waals surface area contributed by atoms with Gasteiger partial charge in [0.05, 0.1) is 11.4 Å². The van der Waals surface area contributed by atoms with Crippen LogP contribution in [0.15, 0.2) is 48.5 Å². The molecule has 0 radical (unpaired) electrons. The van der Waals surface area contributed by atoms with E-state index >= 15 is 0 Å². The summed E-state index contributed by atoms with van der Waals surface area (Å²) in [5.74, 6) is 0. The fraction of sp³-hybridized carbons (Fsp3) is 0.176. The monoisotopic (exact) mass is 312 g/mol. The van der Waals surface area contributed by atoms with E-state index in [0.29, 0.717) is 11.6 Å². The molecule has 1 aromatic heterocycles. The summed E-state index contributed by atoms with van der Waals surface area (Å²) in [4.78, 5) is 0. The maximum absolute atomic E-state index is 5.97. The minimum atomic E-state index is 0.338. The van der Waals surface area contributed by atoms with Crippen LogP contribution >= 0.6 is 11.6 Å². The Morgan fingerprint density at radius 1 is 1.05 bits per heavy atom. The maximum atomic E-state index is 5.97. The summed E-state index contributed by atoms with van der Waals surface area (Å²) in [6.07, 6.45) is 1.01. The van der Waals surface area contributed by atoms with Crippen LogP contribution in [0.3, 0.4) is 0 Å². The second-order valence-corrected chi connectivity index (χ2v) is 5.46. The SMILES string of the molecule is CCc1ccc(-n2nnc(CN)c2-c2ccc(Cl)cc2)cc1. The molecule has 22 heavy (non-hydrogen) atoms. The topological polar surface area (TPSA) is 56.7 Å². The predicted octanol–water partition coefficient (Wildman–Crippen LogP) is 3.61. The summed E-state index contributed by atoms with van der Waals surface area (Å²) in [5.41, 5.74) is 10.7. The van der Waals surface area contributed by atoms with E-state index in [1.54, 1.807) is 0 Å². The number of hydrogen-bond acceptors (Lipinski definition) is 3. The summed E-state index contributed by atoms with van der Waals surface area (Å²) in [6, 6.07) is 15.9. The van der Waals surface area contributed by atoms with Gasteiger partial charge in [0.25, 0.3) is 0 Å². The standard InChI is InChI=1S/C17H17ClN4/c1-2-12-3-9-15(10-4-12)22-17(16(11-19)20-21-22)13-5-7-14(18)8-6-13/h3-10H,2,11,19H2,1H3. The lowest BCUT2D eigenvalue weighted by atomic mass is 10.1. The number of aryl methyl sites for hydroxylation is 1. The highest BCUT2D eigenvalue weighted by atomic mass is 35.5. The van der Waals surface area contributed by atoms with Gasteiger partial charge < -0.3 is 5.73 Å². The van der Waals surface area contributed by atoms with Gasteiger partial charge in [-0.15, -0.1) is 5.10 Å². The third-order valence-corrected chi connectivity index (χ3v) is 3.89. The zero-order valence-electron chi connectivity index (χ0n) is 12.3. The summed E-state index contributed by atoms with van der Waals surface area (Å²) in [6.45, 7) is 2.47. The lowest BCUT2D eigenvalue weighted by molar-refractivity contribution is 0.799. The molecule has 0 saturated carbocycles. The summed E-state index contributed by atoms with van der Waals surface area (Å²) < 4.78 is 1.82. The molecule has 5 heteroatoms. The van der Waals surface area contributed by atoms with Crippen molar-refractivity contribution in [2.75, 3.05) is 0 Å². The van der Waals surface area contributed by atoms with Crippen LogP contribution in [0.2, 0.25) is 5.02 Å². The Hall–Kier alpha value is -2.17. The van der Waals surface area contributed by atoms with E-state index in [1.165, 1.54) is 5.56 Å². The lowest BCUT2D eigenvalue weighted by Crippen LogP contribution is -2.02. The first-order valence-electron chi connectivity index (χ1n) is 7.22. The van der Waals surface area contributed by atoms with Crippen LogP contribution in [0.5, 0.6) is 0 Å². The number of hydrogen-bond donors (Lipinski definition) is 1. The summed E-state index contributed by atoms with van der Waals surface area (Å²) >= 11 is 5.97. The van der Waals surface area contributed by atoms with E-state index in [-0.39, 0.29) is 0 Å². The van der Waals surface area contributed by atoms with Crippen LogP contribution < -0.4 is 5.73 Å². The Morgan fingerprint density at radius 2 is 1.73 bits per heavy atom. The maximum Gasteiger partial charge on any atom is 0.105 e. The van der Waals surface area contributed by atoms with Crippen LogP contribution in [0.4, 0.5) is 0 Å². The number of nitrogens with two attached hydrogens (primary N) is 1. The van der Waals surface area contributed by atoms with Crippen LogP contribution in [0.25, 0.3) is 16.9 Å². The minimum Gasteiger partial charge on any atom is -0.325 e. The van der Waals surface area contributed by atoms with Crippen molar-refractivity contribution in [1.29, 1.82) is 0 Å². The highest BCUT2D eigenvalue weighted by Gasteiger charge is 2.15. The molecule has 0 aliphatic carbocycles. The van der Waals surface area contributed by atoms with E-state index in [1.807, 2.05) is 41.1 Å². The normalized spacial score (nSPS) is 10.9. The van der Waals surface area contributed by atoms with Crippen molar-refractivity contribution in [2.24, 2.45) is 5.73 Å². The third kappa shape index (κ3) is 2.75. The first-order valence-corrected chi connectivity index (χ1v) is 7.60. The van der Waals surface area contributed by atoms with Crippen LogP contribution in [-0.4, -0.2) is 15.0 Å². The van der Waals surface area contributed by atoms with Gasteiger partial charge in [-0.25, -0.2) is 4.68 Å².